The van der Waals surface area contributed by atoms with Crippen molar-refractivity contribution in [1.29, 1.82) is 0 Å². The molecule has 1 saturated heterocycles. The molecule has 1 amide bonds. The molecule has 0 saturated carbocycles. The molecule has 0 aliphatic carbocycles. The summed E-state index contributed by atoms with van der Waals surface area (Å²) in [6.07, 6.45) is 3.79. The smallest absolute Gasteiger partial charge is 0.332 e. The maximum atomic E-state index is 13.4. The molecule has 3 aromatic heterocycles. The molecule has 0 bridgehead atoms. The number of halogens is 1. The molecule has 1 aliphatic heterocycles. The highest BCUT2D eigenvalue weighted by Crippen LogP contribution is 2.29. The van der Waals surface area contributed by atoms with Crippen LogP contribution in [0.4, 0.5) is 4.39 Å². The lowest BCUT2D eigenvalue weighted by Crippen LogP contribution is -2.41. The van der Waals surface area contributed by atoms with E-state index in [0.29, 0.717) is 18.8 Å². The maximum absolute atomic E-state index is 13.4. The van der Waals surface area contributed by atoms with E-state index in [9.17, 15) is 18.8 Å². The summed E-state index contributed by atoms with van der Waals surface area (Å²) in [5.41, 5.74) is 0.222. The normalized spacial score (nSPS) is 16.0. The number of fused-ring (bicyclic) bond motifs is 1. The SMILES string of the molecule is Cn1c(=O)c2c(ncn2CC(=O)N2CCCCC2c2noc(COCc3ccc(F)cc3)n2)n(C)c1=O. The number of benzene rings is 1. The van der Waals surface area contributed by atoms with Gasteiger partial charge in [-0.2, -0.15) is 4.98 Å². The van der Waals surface area contributed by atoms with E-state index in [-0.39, 0.29) is 54.6 Å². The third-order valence-corrected chi connectivity index (χ3v) is 6.54. The van der Waals surface area contributed by atoms with Crippen molar-refractivity contribution in [3.8, 4) is 0 Å². The van der Waals surface area contributed by atoms with Gasteiger partial charge in [-0.1, -0.05) is 17.3 Å². The Kier molecular flexibility index (Phi) is 6.70. The summed E-state index contributed by atoms with van der Waals surface area (Å²) in [7, 11) is 2.92. The van der Waals surface area contributed by atoms with E-state index < -0.39 is 11.2 Å². The fraction of sp³-hybridized carbons (Fsp3) is 0.417. The monoisotopic (exact) mass is 511 g/mol. The second-order valence-corrected chi connectivity index (χ2v) is 9.01. The topological polar surface area (TPSA) is 130 Å². The summed E-state index contributed by atoms with van der Waals surface area (Å²) < 4.78 is 27.7. The fourth-order valence-corrected chi connectivity index (χ4v) is 4.55. The number of hydrogen-bond donors (Lipinski definition) is 0. The number of carbonyl (C=O) groups is 1. The van der Waals surface area contributed by atoms with Crippen molar-refractivity contribution in [1.82, 2.24) is 33.7 Å². The molecule has 0 spiro atoms. The van der Waals surface area contributed by atoms with Crippen molar-refractivity contribution in [2.75, 3.05) is 6.54 Å². The van der Waals surface area contributed by atoms with Crippen molar-refractivity contribution in [2.24, 2.45) is 14.1 Å². The van der Waals surface area contributed by atoms with Gasteiger partial charge in [-0.3, -0.25) is 18.7 Å². The van der Waals surface area contributed by atoms with Crippen LogP contribution in [0.25, 0.3) is 11.2 Å². The minimum atomic E-state index is -0.512. The number of carbonyl (C=O) groups excluding carboxylic acids is 1. The van der Waals surface area contributed by atoms with Crippen LogP contribution in [0.15, 0.2) is 44.7 Å². The molecule has 12 nitrogen and oxygen atoms in total. The van der Waals surface area contributed by atoms with Crippen LogP contribution >= 0.6 is 0 Å². The number of piperidine rings is 1. The van der Waals surface area contributed by atoms with Gasteiger partial charge in [0.1, 0.15) is 19.0 Å². The van der Waals surface area contributed by atoms with E-state index in [1.165, 1.54) is 41.7 Å². The zero-order valence-electron chi connectivity index (χ0n) is 20.5. The lowest BCUT2D eigenvalue weighted by molar-refractivity contribution is -0.135. The van der Waals surface area contributed by atoms with Crippen LogP contribution in [0.1, 0.15) is 42.6 Å². The summed E-state index contributed by atoms with van der Waals surface area (Å²) in [4.78, 5) is 48.6. The van der Waals surface area contributed by atoms with E-state index in [4.69, 9.17) is 9.26 Å². The van der Waals surface area contributed by atoms with Gasteiger partial charge in [-0.15, -0.1) is 0 Å². The molecule has 1 atom stereocenters. The molecule has 37 heavy (non-hydrogen) atoms. The third kappa shape index (κ3) is 4.81. The molecule has 5 rings (SSSR count). The van der Waals surface area contributed by atoms with Gasteiger partial charge in [0.2, 0.25) is 5.91 Å². The van der Waals surface area contributed by atoms with Gasteiger partial charge in [-0.25, -0.2) is 14.2 Å². The number of nitrogens with zero attached hydrogens (tertiary/aromatic N) is 7. The number of likely N-dealkylation sites (tertiary alicyclic amines) is 1. The largest absolute Gasteiger partial charge is 0.367 e. The first kappa shape index (κ1) is 24.6. The standard InChI is InChI=1S/C24H26FN7O5/c1-29-22-20(23(34)30(2)24(29)35)31(14-26-22)11-19(33)32-10-4-3-5-17(32)21-27-18(37-28-21)13-36-12-15-6-8-16(25)9-7-15/h6-9,14,17H,3-5,10-13H2,1-2H3. The Morgan fingerprint density at radius 3 is 2.70 bits per heavy atom. The van der Waals surface area contributed by atoms with Gasteiger partial charge in [0, 0.05) is 20.6 Å². The van der Waals surface area contributed by atoms with Gasteiger partial charge in [0.05, 0.1) is 19.0 Å². The van der Waals surface area contributed by atoms with Gasteiger partial charge >= 0.3 is 5.69 Å². The zero-order valence-corrected chi connectivity index (χ0v) is 20.5. The Balaban J connectivity index is 1.29. The predicted molar refractivity (Wildman–Crippen MR) is 128 cm³/mol. The minimum absolute atomic E-state index is 0.0775. The first-order valence-electron chi connectivity index (χ1n) is 11.9. The van der Waals surface area contributed by atoms with Gasteiger partial charge < -0.3 is 18.7 Å². The minimum Gasteiger partial charge on any atom is -0.367 e. The average Bonchev–Trinajstić information content (AvgIpc) is 3.55. The number of aromatic nitrogens is 6. The maximum Gasteiger partial charge on any atom is 0.332 e. The Labute approximate surface area is 209 Å². The molecule has 4 heterocycles. The highest BCUT2D eigenvalue weighted by atomic mass is 19.1. The quantitative estimate of drug-likeness (QED) is 0.364. The fourth-order valence-electron chi connectivity index (χ4n) is 4.55. The first-order valence-corrected chi connectivity index (χ1v) is 11.9. The molecule has 13 heteroatoms. The van der Waals surface area contributed by atoms with Crippen LogP contribution in [-0.4, -0.2) is 46.2 Å². The van der Waals surface area contributed by atoms with E-state index in [1.54, 1.807) is 17.0 Å². The Hall–Kier alpha value is -4.13. The second-order valence-electron chi connectivity index (χ2n) is 9.01. The Morgan fingerprint density at radius 1 is 1.14 bits per heavy atom. The molecule has 1 aliphatic rings. The van der Waals surface area contributed by atoms with Gasteiger partial charge in [0.15, 0.2) is 17.0 Å². The lowest BCUT2D eigenvalue weighted by atomic mass is 10.0. The van der Waals surface area contributed by atoms with Gasteiger partial charge in [-0.05, 0) is 37.0 Å². The van der Waals surface area contributed by atoms with Crippen LogP contribution in [0.5, 0.6) is 0 Å². The Bertz CT molecular complexity index is 1550. The average molecular weight is 512 g/mol. The molecular formula is C24H26FN7O5. The van der Waals surface area contributed by atoms with Crippen molar-refractivity contribution in [3.05, 3.63) is 74.5 Å². The summed E-state index contributed by atoms with van der Waals surface area (Å²) in [5.74, 6) is 0.132. The second kappa shape index (κ2) is 10.1. The van der Waals surface area contributed by atoms with Crippen LogP contribution in [0.2, 0.25) is 0 Å². The molecular weight excluding hydrogens is 485 g/mol. The number of hydrogen-bond acceptors (Lipinski definition) is 8. The number of imidazole rings is 1. The molecule has 194 valence electrons. The van der Waals surface area contributed by atoms with E-state index in [2.05, 4.69) is 15.1 Å². The molecule has 1 aromatic carbocycles. The van der Waals surface area contributed by atoms with E-state index >= 15 is 0 Å². The van der Waals surface area contributed by atoms with Crippen LogP contribution in [0.3, 0.4) is 0 Å². The predicted octanol–water partition coefficient (Wildman–Crippen LogP) is 1.43. The number of rotatable bonds is 7. The van der Waals surface area contributed by atoms with Gasteiger partial charge in [0.25, 0.3) is 11.4 Å². The summed E-state index contributed by atoms with van der Waals surface area (Å²) in [5, 5.41) is 4.08. The summed E-state index contributed by atoms with van der Waals surface area (Å²) >= 11 is 0. The molecule has 4 aromatic rings. The molecule has 1 unspecified atom stereocenters. The van der Waals surface area contributed by atoms with Crippen molar-refractivity contribution < 1.29 is 18.4 Å². The summed E-state index contributed by atoms with van der Waals surface area (Å²) in [6, 6.07) is 5.63. The van der Waals surface area contributed by atoms with Crippen molar-refractivity contribution in [2.45, 2.75) is 45.1 Å². The molecule has 0 N–H and O–H groups in total. The molecule has 1 fully saturated rings. The van der Waals surface area contributed by atoms with E-state index in [1.807, 2.05) is 0 Å². The highest BCUT2D eigenvalue weighted by Gasteiger charge is 2.32. The number of amides is 1. The highest BCUT2D eigenvalue weighted by molar-refractivity contribution is 5.79. The van der Waals surface area contributed by atoms with Crippen LogP contribution in [-0.2, 0) is 43.4 Å². The Morgan fingerprint density at radius 2 is 1.92 bits per heavy atom. The number of aryl methyl sites for hydroxylation is 1. The van der Waals surface area contributed by atoms with E-state index in [0.717, 1.165) is 23.0 Å². The zero-order chi connectivity index (χ0) is 26.1. The lowest BCUT2D eigenvalue weighted by Gasteiger charge is -2.33. The summed E-state index contributed by atoms with van der Waals surface area (Å²) in [6.45, 7) is 0.730. The first-order chi connectivity index (χ1) is 17.8. The third-order valence-electron chi connectivity index (χ3n) is 6.54. The molecule has 0 radical (unpaired) electrons. The number of ether oxygens (including phenoxy) is 1. The van der Waals surface area contributed by atoms with Crippen LogP contribution in [0, 0.1) is 5.82 Å². The van der Waals surface area contributed by atoms with Crippen molar-refractivity contribution >= 4 is 17.1 Å². The van der Waals surface area contributed by atoms with Crippen molar-refractivity contribution in [3.63, 3.8) is 0 Å². The van der Waals surface area contributed by atoms with Crippen LogP contribution < -0.4 is 11.2 Å².